The van der Waals surface area contributed by atoms with Gasteiger partial charge in [0.25, 0.3) is 0 Å². The highest BCUT2D eigenvalue weighted by Gasteiger charge is 2.04. The van der Waals surface area contributed by atoms with Gasteiger partial charge in [-0.3, -0.25) is 0 Å². The van der Waals surface area contributed by atoms with Gasteiger partial charge >= 0.3 is 0 Å². The molecular weight excluding hydrogens is 232 g/mol. The zero-order chi connectivity index (χ0) is 13.9. The molecule has 1 N–H and O–H groups in total. The third-order valence-corrected chi connectivity index (χ3v) is 3.78. The molecule has 108 valence electrons. The Morgan fingerprint density at radius 2 is 1.53 bits per heavy atom. The van der Waals surface area contributed by atoms with Crippen molar-refractivity contribution in [1.29, 1.82) is 0 Å². The first-order valence-electron chi connectivity index (χ1n) is 7.96. The molecule has 0 saturated heterocycles. The zero-order valence-corrected chi connectivity index (χ0v) is 12.7. The minimum Gasteiger partial charge on any atom is -0.393 e. The lowest BCUT2D eigenvalue weighted by molar-refractivity contribution is 0.151. The lowest BCUT2D eigenvalue weighted by Crippen LogP contribution is -2.07. The van der Waals surface area contributed by atoms with E-state index in [0.717, 1.165) is 19.3 Å². The highest BCUT2D eigenvalue weighted by Crippen LogP contribution is 2.13. The van der Waals surface area contributed by atoms with Gasteiger partial charge in [-0.05, 0) is 31.7 Å². The maximum atomic E-state index is 9.97. The molecule has 0 aliphatic carbocycles. The van der Waals surface area contributed by atoms with Crippen LogP contribution in [0.25, 0.3) is 0 Å². The van der Waals surface area contributed by atoms with Crippen LogP contribution < -0.4 is 0 Å². The smallest absolute Gasteiger partial charge is 0.0543 e. The Hall–Kier alpha value is -0.820. The Labute approximate surface area is 119 Å². The van der Waals surface area contributed by atoms with Gasteiger partial charge in [0.2, 0.25) is 0 Å². The first-order valence-corrected chi connectivity index (χ1v) is 7.96. The van der Waals surface area contributed by atoms with Gasteiger partial charge in [0, 0.05) is 0 Å². The minimum absolute atomic E-state index is 0.118. The second-order valence-electron chi connectivity index (χ2n) is 5.73. The molecule has 1 atom stereocenters. The monoisotopic (exact) mass is 262 g/mol. The van der Waals surface area contributed by atoms with Gasteiger partial charge in [-0.15, -0.1) is 0 Å². The second-order valence-corrected chi connectivity index (χ2v) is 5.73. The van der Waals surface area contributed by atoms with E-state index in [1.807, 2.05) is 0 Å². The number of hydrogen-bond acceptors (Lipinski definition) is 1. The number of hydrogen-bond donors (Lipinski definition) is 1. The molecule has 0 heterocycles. The average molecular weight is 262 g/mol. The predicted molar refractivity (Wildman–Crippen MR) is 83.5 cm³/mol. The van der Waals surface area contributed by atoms with Crippen LogP contribution in [0.4, 0.5) is 0 Å². The van der Waals surface area contributed by atoms with Gasteiger partial charge < -0.3 is 5.11 Å². The van der Waals surface area contributed by atoms with E-state index in [9.17, 15) is 5.11 Å². The van der Waals surface area contributed by atoms with Crippen LogP contribution in [0, 0.1) is 6.92 Å². The van der Waals surface area contributed by atoms with Crippen LogP contribution >= 0.6 is 0 Å². The molecule has 1 nitrogen and oxygen atoms in total. The molecule has 0 radical (unpaired) electrons. The molecule has 0 spiro atoms. The van der Waals surface area contributed by atoms with Crippen molar-refractivity contribution >= 4 is 0 Å². The molecule has 1 rings (SSSR count). The minimum atomic E-state index is -0.118. The van der Waals surface area contributed by atoms with Crippen LogP contribution in [0.2, 0.25) is 0 Å². The summed E-state index contributed by atoms with van der Waals surface area (Å²) in [6.45, 7) is 4.35. The molecule has 1 unspecified atom stereocenters. The second kappa shape index (κ2) is 10.0. The van der Waals surface area contributed by atoms with Crippen molar-refractivity contribution < 1.29 is 5.11 Å². The van der Waals surface area contributed by atoms with Crippen molar-refractivity contribution in [2.24, 2.45) is 0 Å². The van der Waals surface area contributed by atoms with Gasteiger partial charge in [-0.25, -0.2) is 0 Å². The SMILES string of the molecule is CCCCCCCCC(O)CCc1ccc(C)cc1. The fourth-order valence-electron chi connectivity index (χ4n) is 2.39. The lowest BCUT2D eigenvalue weighted by atomic mass is 10.0. The fraction of sp³-hybridized carbons (Fsp3) is 0.667. The van der Waals surface area contributed by atoms with Crippen LogP contribution in [-0.2, 0) is 6.42 Å². The molecule has 1 heteroatoms. The van der Waals surface area contributed by atoms with Gasteiger partial charge in [-0.2, -0.15) is 0 Å². The van der Waals surface area contributed by atoms with E-state index < -0.39 is 0 Å². The third-order valence-electron chi connectivity index (χ3n) is 3.78. The van der Waals surface area contributed by atoms with E-state index in [1.165, 1.54) is 49.7 Å². The molecule has 0 aromatic heterocycles. The fourth-order valence-corrected chi connectivity index (χ4v) is 2.39. The highest BCUT2D eigenvalue weighted by molar-refractivity contribution is 5.21. The van der Waals surface area contributed by atoms with Gasteiger partial charge in [0.1, 0.15) is 0 Å². The summed E-state index contributed by atoms with van der Waals surface area (Å²) in [7, 11) is 0. The predicted octanol–water partition coefficient (Wildman–Crippen LogP) is 5.04. The van der Waals surface area contributed by atoms with Crippen molar-refractivity contribution in [2.75, 3.05) is 0 Å². The molecule has 0 bridgehead atoms. The maximum Gasteiger partial charge on any atom is 0.0543 e. The van der Waals surface area contributed by atoms with Crippen LogP contribution in [0.15, 0.2) is 24.3 Å². The lowest BCUT2D eigenvalue weighted by Gasteiger charge is -2.10. The molecular formula is C18H30O. The Morgan fingerprint density at radius 1 is 0.895 bits per heavy atom. The number of unbranched alkanes of at least 4 members (excludes halogenated alkanes) is 5. The molecule has 0 fully saturated rings. The highest BCUT2D eigenvalue weighted by atomic mass is 16.3. The number of rotatable bonds is 10. The van der Waals surface area contributed by atoms with Gasteiger partial charge in [0.15, 0.2) is 0 Å². The summed E-state index contributed by atoms with van der Waals surface area (Å²) >= 11 is 0. The Bertz CT molecular complexity index is 315. The van der Waals surface area contributed by atoms with Crippen molar-refractivity contribution in [3.05, 3.63) is 35.4 Å². The van der Waals surface area contributed by atoms with Crippen molar-refractivity contribution in [3.63, 3.8) is 0 Å². The van der Waals surface area contributed by atoms with Crippen LogP contribution in [0.1, 0.15) is 69.4 Å². The first kappa shape index (κ1) is 16.2. The van der Waals surface area contributed by atoms with E-state index in [4.69, 9.17) is 0 Å². The van der Waals surface area contributed by atoms with E-state index in [0.29, 0.717) is 0 Å². The number of aliphatic hydroxyl groups excluding tert-OH is 1. The Balaban J connectivity index is 2.04. The van der Waals surface area contributed by atoms with Crippen LogP contribution in [0.5, 0.6) is 0 Å². The summed E-state index contributed by atoms with van der Waals surface area (Å²) in [6.07, 6.45) is 10.6. The Kier molecular flexibility index (Phi) is 8.57. The molecule has 19 heavy (non-hydrogen) atoms. The zero-order valence-electron chi connectivity index (χ0n) is 12.7. The molecule has 0 saturated carbocycles. The normalized spacial score (nSPS) is 12.6. The molecule has 0 amide bonds. The summed E-state index contributed by atoms with van der Waals surface area (Å²) in [5.41, 5.74) is 2.64. The largest absolute Gasteiger partial charge is 0.393 e. The average Bonchev–Trinajstić information content (AvgIpc) is 2.42. The number of benzene rings is 1. The third kappa shape index (κ3) is 8.05. The van der Waals surface area contributed by atoms with Crippen LogP contribution in [-0.4, -0.2) is 11.2 Å². The molecule has 1 aromatic rings. The van der Waals surface area contributed by atoms with Crippen molar-refractivity contribution in [3.8, 4) is 0 Å². The van der Waals surface area contributed by atoms with Crippen LogP contribution in [0.3, 0.4) is 0 Å². The standard InChI is InChI=1S/C18H30O/c1-3-4-5-6-7-8-9-18(19)15-14-17-12-10-16(2)11-13-17/h10-13,18-19H,3-9,14-15H2,1-2H3. The maximum absolute atomic E-state index is 9.97. The summed E-state index contributed by atoms with van der Waals surface area (Å²) < 4.78 is 0. The number of aliphatic hydroxyl groups is 1. The first-order chi connectivity index (χ1) is 9.22. The molecule has 0 aliphatic heterocycles. The van der Waals surface area contributed by atoms with Crippen molar-refractivity contribution in [2.45, 2.75) is 77.7 Å². The molecule has 1 aromatic carbocycles. The molecule has 0 aliphatic rings. The summed E-state index contributed by atoms with van der Waals surface area (Å²) in [4.78, 5) is 0. The quantitative estimate of drug-likeness (QED) is 0.586. The number of aryl methyl sites for hydroxylation is 2. The summed E-state index contributed by atoms with van der Waals surface area (Å²) in [6, 6.07) is 8.64. The van der Waals surface area contributed by atoms with E-state index >= 15 is 0 Å². The topological polar surface area (TPSA) is 20.2 Å². The Morgan fingerprint density at radius 3 is 2.21 bits per heavy atom. The van der Waals surface area contributed by atoms with Gasteiger partial charge in [0.05, 0.1) is 6.10 Å². The van der Waals surface area contributed by atoms with E-state index in [-0.39, 0.29) is 6.10 Å². The van der Waals surface area contributed by atoms with Gasteiger partial charge in [-0.1, -0.05) is 75.3 Å². The van der Waals surface area contributed by atoms with E-state index in [1.54, 1.807) is 0 Å². The van der Waals surface area contributed by atoms with E-state index in [2.05, 4.69) is 38.1 Å². The summed E-state index contributed by atoms with van der Waals surface area (Å²) in [5.74, 6) is 0. The van der Waals surface area contributed by atoms with Crippen molar-refractivity contribution in [1.82, 2.24) is 0 Å². The summed E-state index contributed by atoms with van der Waals surface area (Å²) in [5, 5.41) is 9.97.